The van der Waals surface area contributed by atoms with Gasteiger partial charge in [0.05, 0.1) is 23.4 Å². The lowest BCUT2D eigenvalue weighted by atomic mass is 10.1. The van der Waals surface area contributed by atoms with E-state index in [-0.39, 0.29) is 42.4 Å². The van der Waals surface area contributed by atoms with Crippen LogP contribution in [0.15, 0.2) is 11.2 Å². The Labute approximate surface area is 195 Å². The highest BCUT2D eigenvalue weighted by Crippen LogP contribution is 2.13. The fraction of sp³-hybridized carbons (Fsp3) is 0.778. The molecule has 168 valence electrons. The van der Waals surface area contributed by atoms with Crippen molar-refractivity contribution in [2.75, 3.05) is 38.5 Å². The van der Waals surface area contributed by atoms with Crippen LogP contribution in [0.2, 0.25) is 0 Å². The number of rotatable bonds is 11. The largest absolute Gasteiger partial charge is 0.377 e. The van der Waals surface area contributed by atoms with Crippen molar-refractivity contribution < 1.29 is 13.2 Å². The van der Waals surface area contributed by atoms with E-state index in [1.54, 1.807) is 11.3 Å². The van der Waals surface area contributed by atoms with Gasteiger partial charge in [-0.2, -0.15) is 0 Å². The Morgan fingerprint density at radius 1 is 1.34 bits per heavy atom. The van der Waals surface area contributed by atoms with Gasteiger partial charge in [0.25, 0.3) is 0 Å². The number of nitrogens with one attached hydrogen (secondary N) is 3. The quantitative estimate of drug-likeness (QED) is 0.218. The van der Waals surface area contributed by atoms with Crippen molar-refractivity contribution in [3.05, 3.63) is 16.1 Å². The van der Waals surface area contributed by atoms with Crippen LogP contribution in [0, 0.1) is 0 Å². The normalized spacial score (nSPS) is 17.6. The molecule has 1 aliphatic rings. The number of hydrogen-bond acceptors (Lipinski definition) is 6. The van der Waals surface area contributed by atoms with Crippen molar-refractivity contribution in [3.8, 4) is 0 Å². The van der Waals surface area contributed by atoms with Gasteiger partial charge in [-0.25, -0.2) is 18.1 Å². The Bertz CT molecular complexity index is 706. The summed E-state index contributed by atoms with van der Waals surface area (Å²) in [5.74, 6) is 0.586. The van der Waals surface area contributed by atoms with Crippen LogP contribution < -0.4 is 15.4 Å². The van der Waals surface area contributed by atoms with Gasteiger partial charge in [0.15, 0.2) is 5.96 Å². The van der Waals surface area contributed by atoms with Crippen molar-refractivity contribution >= 4 is 51.3 Å². The van der Waals surface area contributed by atoms with E-state index in [1.165, 1.54) is 4.88 Å². The van der Waals surface area contributed by atoms with Gasteiger partial charge in [-0.15, -0.1) is 35.3 Å². The maximum absolute atomic E-state index is 12.2. The first kappa shape index (κ1) is 26.5. The summed E-state index contributed by atoms with van der Waals surface area (Å²) in [7, 11) is -3.36. The molecule has 0 aliphatic carbocycles. The second-order valence-corrected chi connectivity index (χ2v) is 9.79. The maximum atomic E-state index is 12.2. The molecular formula is C18H34IN5O3S2. The zero-order chi connectivity index (χ0) is 20.2. The molecular weight excluding hydrogens is 525 g/mol. The standard InChI is InChI=1S/C18H33N5O3S2.HI/c1-3-16-14-22-17(27-16)8-9-20-18(19-4-2)21-10-12-28(24,25)23-13-15-7-5-6-11-26-15;/h14-15,23H,3-13H2,1-2H3,(H2,19,20,21);1H. The Balaban J connectivity index is 0.00000420. The molecule has 0 spiro atoms. The first-order valence-corrected chi connectivity index (χ1v) is 12.5. The molecule has 3 N–H and O–H groups in total. The molecule has 0 saturated carbocycles. The number of aryl methyl sites for hydroxylation is 1. The average Bonchev–Trinajstić information content (AvgIpc) is 3.15. The molecule has 1 aromatic rings. The molecule has 1 atom stereocenters. The number of aromatic nitrogens is 1. The van der Waals surface area contributed by atoms with Gasteiger partial charge in [0, 0.05) is 43.7 Å². The molecule has 29 heavy (non-hydrogen) atoms. The Hall–Kier alpha value is -0.500. The summed E-state index contributed by atoms with van der Waals surface area (Å²) in [4.78, 5) is 10.1. The third-order valence-corrected chi connectivity index (χ3v) is 6.89. The first-order valence-electron chi connectivity index (χ1n) is 10.1. The van der Waals surface area contributed by atoms with Gasteiger partial charge in [-0.1, -0.05) is 6.92 Å². The number of halogens is 1. The van der Waals surface area contributed by atoms with E-state index in [0.717, 1.165) is 43.7 Å². The van der Waals surface area contributed by atoms with Crippen LogP contribution in [-0.2, 0) is 27.6 Å². The zero-order valence-corrected chi connectivity index (χ0v) is 21.2. The van der Waals surface area contributed by atoms with Crippen LogP contribution in [0.4, 0.5) is 0 Å². The SMILES string of the molecule is CCNC(=NCCS(=O)(=O)NCC1CCCCO1)NCCc1ncc(CC)s1.I. The van der Waals surface area contributed by atoms with Crippen LogP contribution in [0.5, 0.6) is 0 Å². The lowest BCUT2D eigenvalue weighted by molar-refractivity contribution is 0.0200. The van der Waals surface area contributed by atoms with Gasteiger partial charge in [0.2, 0.25) is 10.0 Å². The summed E-state index contributed by atoms with van der Waals surface area (Å²) in [5, 5.41) is 7.47. The van der Waals surface area contributed by atoms with E-state index < -0.39 is 10.0 Å². The lowest BCUT2D eigenvalue weighted by Crippen LogP contribution is -2.39. The zero-order valence-electron chi connectivity index (χ0n) is 17.3. The van der Waals surface area contributed by atoms with Crippen molar-refractivity contribution in [1.82, 2.24) is 20.3 Å². The van der Waals surface area contributed by atoms with E-state index in [9.17, 15) is 8.42 Å². The number of ether oxygens (including phenoxy) is 1. The molecule has 0 bridgehead atoms. The molecule has 2 heterocycles. The van der Waals surface area contributed by atoms with Crippen LogP contribution in [0.1, 0.15) is 43.0 Å². The van der Waals surface area contributed by atoms with Crippen LogP contribution >= 0.6 is 35.3 Å². The predicted octanol–water partition coefficient (Wildman–Crippen LogP) is 1.91. The molecule has 1 aliphatic heterocycles. The number of guanidine groups is 1. The van der Waals surface area contributed by atoms with Crippen molar-refractivity contribution in [1.29, 1.82) is 0 Å². The molecule has 1 aromatic heterocycles. The fourth-order valence-electron chi connectivity index (χ4n) is 2.79. The lowest BCUT2D eigenvalue weighted by Gasteiger charge is -2.22. The van der Waals surface area contributed by atoms with E-state index in [4.69, 9.17) is 4.74 Å². The number of thiazole rings is 1. The summed E-state index contributed by atoms with van der Waals surface area (Å²) >= 11 is 1.73. The minimum absolute atomic E-state index is 0. The average molecular weight is 560 g/mol. The number of nitrogens with zero attached hydrogens (tertiary/aromatic N) is 2. The summed E-state index contributed by atoms with van der Waals surface area (Å²) in [6.45, 7) is 6.78. The number of sulfonamides is 1. The van der Waals surface area contributed by atoms with E-state index in [2.05, 4.69) is 32.3 Å². The Morgan fingerprint density at radius 2 is 2.17 bits per heavy atom. The van der Waals surface area contributed by atoms with Gasteiger partial charge in [-0.3, -0.25) is 4.99 Å². The molecule has 2 rings (SSSR count). The predicted molar refractivity (Wildman–Crippen MR) is 130 cm³/mol. The Kier molecular flexibility index (Phi) is 13.3. The third kappa shape index (κ3) is 10.9. The van der Waals surface area contributed by atoms with Gasteiger partial charge < -0.3 is 15.4 Å². The van der Waals surface area contributed by atoms with E-state index in [1.807, 2.05) is 13.1 Å². The highest BCUT2D eigenvalue weighted by Gasteiger charge is 2.17. The molecule has 1 saturated heterocycles. The fourth-order valence-corrected chi connectivity index (χ4v) is 4.57. The smallest absolute Gasteiger partial charge is 0.213 e. The minimum atomic E-state index is -3.36. The van der Waals surface area contributed by atoms with Crippen molar-refractivity contribution in [2.24, 2.45) is 4.99 Å². The van der Waals surface area contributed by atoms with Gasteiger partial charge in [-0.05, 0) is 32.6 Å². The molecule has 0 aromatic carbocycles. The summed E-state index contributed by atoms with van der Waals surface area (Å²) in [5.41, 5.74) is 0. The second-order valence-electron chi connectivity index (χ2n) is 6.67. The molecule has 0 amide bonds. The summed E-state index contributed by atoms with van der Waals surface area (Å²) in [6.07, 6.45) is 6.80. The van der Waals surface area contributed by atoms with Gasteiger partial charge >= 0.3 is 0 Å². The molecule has 0 radical (unpaired) electrons. The highest BCUT2D eigenvalue weighted by atomic mass is 127. The second kappa shape index (κ2) is 14.5. The maximum Gasteiger partial charge on any atom is 0.213 e. The van der Waals surface area contributed by atoms with Crippen molar-refractivity contribution in [3.63, 3.8) is 0 Å². The number of aliphatic imine (C=N–C) groups is 1. The molecule has 1 fully saturated rings. The minimum Gasteiger partial charge on any atom is -0.377 e. The first-order chi connectivity index (χ1) is 13.5. The Morgan fingerprint density at radius 3 is 2.83 bits per heavy atom. The molecule has 8 nitrogen and oxygen atoms in total. The summed E-state index contributed by atoms with van der Waals surface area (Å²) < 4.78 is 32.5. The van der Waals surface area contributed by atoms with Crippen LogP contribution in [0.25, 0.3) is 0 Å². The molecule has 11 heteroatoms. The monoisotopic (exact) mass is 559 g/mol. The third-order valence-electron chi connectivity index (χ3n) is 4.36. The van der Waals surface area contributed by atoms with Gasteiger partial charge in [0.1, 0.15) is 0 Å². The highest BCUT2D eigenvalue weighted by molar-refractivity contribution is 14.0. The van der Waals surface area contributed by atoms with Crippen molar-refractivity contribution in [2.45, 2.75) is 52.1 Å². The van der Waals surface area contributed by atoms with E-state index in [0.29, 0.717) is 25.6 Å². The van der Waals surface area contributed by atoms with E-state index >= 15 is 0 Å². The van der Waals surface area contributed by atoms with Crippen LogP contribution in [0.3, 0.4) is 0 Å². The topological polar surface area (TPSA) is 105 Å². The molecule has 1 unspecified atom stereocenters. The number of hydrogen-bond donors (Lipinski definition) is 3. The van der Waals surface area contributed by atoms with Crippen LogP contribution in [-0.4, -0.2) is 64.0 Å². The summed E-state index contributed by atoms with van der Waals surface area (Å²) in [6, 6.07) is 0.